The number of unbranched alkanes of at least 4 members (excludes halogenated alkanes) is 3. The minimum Gasteiger partial charge on any atom is -0.496 e. The molecular formula is C66H75N5O16. The molecule has 2 aromatic heterocycles. The number of pyridine rings is 2. The van der Waals surface area contributed by atoms with E-state index in [1.54, 1.807) is 43.5 Å². The van der Waals surface area contributed by atoms with Crippen LogP contribution >= 0.6 is 0 Å². The van der Waals surface area contributed by atoms with Gasteiger partial charge in [-0.2, -0.15) is 0 Å². The molecule has 87 heavy (non-hydrogen) atoms. The molecule has 2 heterocycles. The van der Waals surface area contributed by atoms with Crippen molar-refractivity contribution in [2.24, 2.45) is 0 Å². The lowest BCUT2D eigenvalue weighted by Crippen LogP contribution is -2.34. The number of hydrogen-bond acceptors (Lipinski definition) is 17. The molecule has 0 fully saturated rings. The molecule has 0 saturated carbocycles. The first-order valence-electron chi connectivity index (χ1n) is 28.1. The number of methoxy groups -OCH3 is 7. The van der Waals surface area contributed by atoms with Crippen LogP contribution in [-0.2, 0) is 55.7 Å². The minimum absolute atomic E-state index is 0.156. The fraction of sp³-hybridized carbons (Fsp3) is 0.333. The van der Waals surface area contributed by atoms with Gasteiger partial charge in [0, 0.05) is 62.6 Å². The maximum absolute atomic E-state index is 12.1. The van der Waals surface area contributed by atoms with Crippen LogP contribution in [0.15, 0.2) is 133 Å². The summed E-state index contributed by atoms with van der Waals surface area (Å²) < 4.78 is 47.9. The Labute approximate surface area is 506 Å². The van der Waals surface area contributed by atoms with Crippen LogP contribution in [0.3, 0.4) is 0 Å². The van der Waals surface area contributed by atoms with E-state index in [1.165, 1.54) is 52.5 Å². The van der Waals surface area contributed by atoms with Crippen LogP contribution in [0.2, 0.25) is 0 Å². The zero-order chi connectivity index (χ0) is 62.5. The summed E-state index contributed by atoms with van der Waals surface area (Å²) in [7, 11) is 10.7. The molecule has 21 heteroatoms. The Balaban J connectivity index is 1.30. The molecular weight excluding hydrogens is 1120 g/mol. The topological polar surface area (TPSA) is 259 Å². The molecule has 0 aliphatic heterocycles. The van der Waals surface area contributed by atoms with Gasteiger partial charge in [0.05, 0.1) is 110 Å². The predicted octanol–water partition coefficient (Wildman–Crippen LogP) is 9.38. The molecule has 0 atom stereocenters. The summed E-state index contributed by atoms with van der Waals surface area (Å²) in [6.45, 7) is -1.43. The third kappa shape index (κ3) is 17.4. The largest absolute Gasteiger partial charge is 0.496 e. The molecule has 7 rings (SSSR count). The van der Waals surface area contributed by atoms with Crippen LogP contribution in [0.5, 0.6) is 40.2 Å². The number of aliphatic carboxylic acids is 4. The highest BCUT2D eigenvalue weighted by atomic mass is 16.5. The normalized spacial score (nSPS) is 11.4. The average Bonchev–Trinajstić information content (AvgIpc) is 1.18. The van der Waals surface area contributed by atoms with Crippen LogP contribution in [0.4, 0.5) is 0 Å². The van der Waals surface area contributed by atoms with Crippen molar-refractivity contribution in [1.82, 2.24) is 24.7 Å². The van der Waals surface area contributed by atoms with E-state index < -0.39 is 55.7 Å². The first-order chi connectivity index (χ1) is 42.0. The van der Waals surface area contributed by atoms with Crippen molar-refractivity contribution in [3.63, 3.8) is 0 Å². The van der Waals surface area contributed by atoms with Crippen LogP contribution in [0.1, 0.15) is 65.1 Å². The number of para-hydroxylation sites is 1. The molecule has 7 aromatic rings. The van der Waals surface area contributed by atoms with Crippen molar-refractivity contribution in [3.8, 4) is 62.5 Å². The van der Waals surface area contributed by atoms with Gasteiger partial charge in [0.25, 0.3) is 0 Å². The van der Waals surface area contributed by atoms with Gasteiger partial charge in [0.1, 0.15) is 45.8 Å². The Morgan fingerprint density at radius 1 is 0.402 bits per heavy atom. The van der Waals surface area contributed by atoms with Gasteiger partial charge in [-0.05, 0) is 72.0 Å². The molecule has 21 nitrogen and oxygen atoms in total. The van der Waals surface area contributed by atoms with Gasteiger partial charge in [-0.15, -0.1) is 0 Å². The molecule has 0 aliphatic carbocycles. The summed E-state index contributed by atoms with van der Waals surface area (Å²) in [5, 5.41) is 39.5. The summed E-state index contributed by atoms with van der Waals surface area (Å²) in [6.07, 6.45) is 2.90. The van der Waals surface area contributed by atoms with Gasteiger partial charge in [0.2, 0.25) is 0 Å². The van der Waals surface area contributed by atoms with E-state index in [2.05, 4.69) is 29.2 Å². The molecule has 460 valence electrons. The van der Waals surface area contributed by atoms with E-state index in [0.717, 1.165) is 29.5 Å². The SMILES string of the molecule is COc1cc(OC)c(-c2cc(CN(CC(=O)O)CC(=O)O)nc(CN(CCCCCCOC(c3ccccc3)(c3ccccc3)c3ccccc3OC)Cc3cc(-c4c(OC)cc(OC)cc4OC)cc(CN(CC(=O)O)CC(=O)O)n3)c2)c(OC)c1. The van der Waals surface area contributed by atoms with Crippen LogP contribution < -0.4 is 33.2 Å². The van der Waals surface area contributed by atoms with E-state index in [4.69, 9.17) is 47.9 Å². The maximum Gasteiger partial charge on any atom is 0.317 e. The number of carboxylic acids is 4. The molecule has 0 spiro atoms. The second-order valence-electron chi connectivity index (χ2n) is 20.4. The number of nitrogens with zero attached hydrogens (tertiary/aromatic N) is 5. The third-order valence-electron chi connectivity index (χ3n) is 14.4. The van der Waals surface area contributed by atoms with Gasteiger partial charge in [-0.25, -0.2) is 0 Å². The Hall–Kier alpha value is -9.28. The van der Waals surface area contributed by atoms with Crippen molar-refractivity contribution in [1.29, 1.82) is 0 Å². The molecule has 0 radical (unpaired) electrons. The average molecular weight is 1190 g/mol. The van der Waals surface area contributed by atoms with Crippen LogP contribution in [0.25, 0.3) is 22.3 Å². The van der Waals surface area contributed by atoms with Crippen molar-refractivity contribution in [3.05, 3.63) is 173 Å². The second kappa shape index (κ2) is 31.7. The summed E-state index contributed by atoms with van der Waals surface area (Å²) >= 11 is 0. The molecule has 0 unspecified atom stereocenters. The zero-order valence-corrected chi connectivity index (χ0v) is 50.0. The van der Waals surface area contributed by atoms with Crippen molar-refractivity contribution in [2.75, 3.05) is 89.1 Å². The van der Waals surface area contributed by atoms with E-state index in [9.17, 15) is 39.6 Å². The summed E-state index contributed by atoms with van der Waals surface area (Å²) in [4.78, 5) is 63.2. The second-order valence-corrected chi connectivity index (χ2v) is 20.4. The monoisotopic (exact) mass is 1190 g/mol. The van der Waals surface area contributed by atoms with Gasteiger partial charge in [0.15, 0.2) is 0 Å². The minimum atomic E-state index is -1.22. The molecule has 0 aliphatic rings. The molecule has 0 bridgehead atoms. The van der Waals surface area contributed by atoms with E-state index in [-0.39, 0.29) is 26.2 Å². The number of ether oxygens (including phenoxy) is 8. The van der Waals surface area contributed by atoms with Gasteiger partial charge < -0.3 is 58.3 Å². The highest BCUT2D eigenvalue weighted by Crippen LogP contribution is 2.46. The Morgan fingerprint density at radius 2 is 0.747 bits per heavy atom. The van der Waals surface area contributed by atoms with Gasteiger partial charge >= 0.3 is 23.9 Å². The molecule has 5 aromatic carbocycles. The van der Waals surface area contributed by atoms with Gasteiger partial charge in [-0.3, -0.25) is 43.8 Å². The number of carbonyl (C=O) groups is 4. The lowest BCUT2D eigenvalue weighted by atomic mass is 9.79. The van der Waals surface area contributed by atoms with Crippen LogP contribution in [0, 0.1) is 0 Å². The first-order valence-corrected chi connectivity index (χ1v) is 28.1. The van der Waals surface area contributed by atoms with Gasteiger partial charge in [-0.1, -0.05) is 91.7 Å². The Kier molecular flexibility index (Phi) is 23.8. The first kappa shape index (κ1) is 65.3. The predicted molar refractivity (Wildman–Crippen MR) is 324 cm³/mol. The standard InChI is InChI=1S/C66H75N5O16/c1-80-52-32-56(83-4)64(57(33-52)84-5)44-28-48(67-50(30-44)38-70(40-60(72)73)41-61(74)75)36-69(26-18-8-9-19-27-87-66(46-20-12-10-13-21-46,47-22-14-11-15-23-47)54-24-16-17-25-55(54)82-3)37-49-29-45(65-58(85-6)34-53(81-2)35-59(65)86-7)31-51(68-49)39-71(42-62(76)77)43-63(78)79/h10-17,20-25,28-35H,8-9,18-19,26-27,36-43H2,1-7H3,(H,72,73)(H,74,75)(H,76,77)(H,78,79). The smallest absolute Gasteiger partial charge is 0.317 e. The van der Waals surface area contributed by atoms with E-state index in [0.29, 0.717) is 111 Å². The van der Waals surface area contributed by atoms with Crippen molar-refractivity contribution >= 4 is 23.9 Å². The number of rotatable bonds is 36. The zero-order valence-electron chi connectivity index (χ0n) is 50.0. The molecule has 0 amide bonds. The molecule has 0 saturated heterocycles. The van der Waals surface area contributed by atoms with Crippen molar-refractivity contribution in [2.45, 2.75) is 57.5 Å². The fourth-order valence-corrected chi connectivity index (χ4v) is 10.7. The third-order valence-corrected chi connectivity index (χ3v) is 14.4. The molecule has 4 N–H and O–H groups in total. The Bertz CT molecular complexity index is 3170. The summed E-state index contributed by atoms with van der Waals surface area (Å²) in [5.41, 5.74) is 5.70. The van der Waals surface area contributed by atoms with Crippen molar-refractivity contribution < 1.29 is 77.5 Å². The highest BCUT2D eigenvalue weighted by molar-refractivity contribution is 5.80. The number of aromatic nitrogens is 2. The van der Waals surface area contributed by atoms with E-state index >= 15 is 0 Å². The Morgan fingerprint density at radius 3 is 1.10 bits per heavy atom. The van der Waals surface area contributed by atoms with Crippen LogP contribution in [-0.4, -0.2) is 158 Å². The quantitative estimate of drug-likeness (QED) is 0.0211. The lowest BCUT2D eigenvalue weighted by Gasteiger charge is -2.36. The lowest BCUT2D eigenvalue weighted by molar-refractivity contribution is -0.144. The summed E-state index contributed by atoms with van der Waals surface area (Å²) in [5.74, 6) is -1.69. The fourth-order valence-electron chi connectivity index (χ4n) is 10.7. The highest BCUT2D eigenvalue weighted by Gasteiger charge is 2.40. The summed E-state index contributed by atoms with van der Waals surface area (Å²) in [6, 6.07) is 42.1. The number of benzene rings is 5. The number of carboxylic acid groups (broad SMARTS) is 4. The van der Waals surface area contributed by atoms with E-state index in [1.807, 2.05) is 72.8 Å². The maximum atomic E-state index is 12.1. The number of hydrogen-bond donors (Lipinski definition) is 4.